The highest BCUT2D eigenvalue weighted by Crippen LogP contribution is 2.15. The molecule has 0 aliphatic carbocycles. The van der Waals surface area contributed by atoms with E-state index >= 15 is 0 Å². The zero-order valence-corrected chi connectivity index (χ0v) is 17.0. The van der Waals surface area contributed by atoms with Crippen molar-refractivity contribution in [1.82, 2.24) is 19.4 Å². The van der Waals surface area contributed by atoms with E-state index in [2.05, 4.69) is 4.98 Å². The van der Waals surface area contributed by atoms with E-state index in [-0.39, 0.29) is 23.9 Å². The first-order valence-corrected chi connectivity index (χ1v) is 10.1. The number of rotatable bonds is 5. The van der Waals surface area contributed by atoms with Crippen LogP contribution in [0.2, 0.25) is 0 Å². The first-order valence-electron chi connectivity index (χ1n) is 10.1. The van der Waals surface area contributed by atoms with Crippen molar-refractivity contribution in [3.05, 3.63) is 76.3 Å². The van der Waals surface area contributed by atoms with Crippen LogP contribution in [0.25, 0.3) is 10.9 Å². The van der Waals surface area contributed by atoms with Gasteiger partial charge in [0.2, 0.25) is 5.91 Å². The van der Waals surface area contributed by atoms with Gasteiger partial charge in [0.15, 0.2) is 0 Å². The molecule has 3 heterocycles. The average molecular weight is 404 g/mol. The van der Waals surface area contributed by atoms with Gasteiger partial charge in [0, 0.05) is 50.5 Å². The first kappa shape index (κ1) is 19.8. The molecular formula is C23H24N4O3. The lowest BCUT2D eigenvalue weighted by molar-refractivity contribution is -0.130. The number of nitrogens with zero attached hydrogens (tertiary/aromatic N) is 4. The molecule has 4 rings (SSSR count). The molecule has 0 unspecified atom stereocenters. The smallest absolute Gasteiger partial charge is 0.255 e. The molecule has 0 bridgehead atoms. The van der Waals surface area contributed by atoms with Crippen molar-refractivity contribution in [2.45, 2.75) is 25.9 Å². The van der Waals surface area contributed by atoms with Crippen LogP contribution < -0.4 is 5.56 Å². The van der Waals surface area contributed by atoms with E-state index in [9.17, 15) is 14.4 Å². The summed E-state index contributed by atoms with van der Waals surface area (Å²) in [6.45, 7) is 1.85. The molecule has 1 saturated heterocycles. The molecule has 7 heteroatoms. The van der Waals surface area contributed by atoms with Crippen LogP contribution in [-0.4, -0.2) is 51.3 Å². The fourth-order valence-corrected chi connectivity index (χ4v) is 3.78. The number of hydrogen-bond acceptors (Lipinski definition) is 4. The summed E-state index contributed by atoms with van der Waals surface area (Å²) >= 11 is 0. The summed E-state index contributed by atoms with van der Waals surface area (Å²) in [6, 6.07) is 12.6. The van der Waals surface area contributed by atoms with Gasteiger partial charge in [-0.25, -0.2) is 0 Å². The molecule has 2 aromatic heterocycles. The van der Waals surface area contributed by atoms with Crippen LogP contribution >= 0.6 is 0 Å². The van der Waals surface area contributed by atoms with E-state index in [1.165, 1.54) is 22.9 Å². The largest absolute Gasteiger partial charge is 0.341 e. The Bertz CT molecular complexity index is 1150. The van der Waals surface area contributed by atoms with Gasteiger partial charge in [-0.1, -0.05) is 12.1 Å². The van der Waals surface area contributed by atoms with Crippen LogP contribution in [0.15, 0.2) is 59.7 Å². The zero-order chi connectivity index (χ0) is 21.1. The Kier molecular flexibility index (Phi) is 5.61. The monoisotopic (exact) mass is 404 g/mol. The Morgan fingerprint density at radius 2 is 1.90 bits per heavy atom. The second kappa shape index (κ2) is 8.49. The predicted octanol–water partition coefficient (Wildman–Crippen LogP) is 2.29. The fourth-order valence-electron chi connectivity index (χ4n) is 3.78. The highest BCUT2D eigenvalue weighted by atomic mass is 16.2. The van der Waals surface area contributed by atoms with Gasteiger partial charge >= 0.3 is 0 Å². The number of fused-ring (bicyclic) bond motifs is 1. The van der Waals surface area contributed by atoms with Crippen LogP contribution in [0.4, 0.5) is 0 Å². The summed E-state index contributed by atoms with van der Waals surface area (Å²) in [4.78, 5) is 45.2. The van der Waals surface area contributed by atoms with Crippen molar-refractivity contribution in [3.63, 3.8) is 0 Å². The Balaban J connectivity index is 1.48. The predicted molar refractivity (Wildman–Crippen MR) is 114 cm³/mol. The van der Waals surface area contributed by atoms with Gasteiger partial charge in [-0.15, -0.1) is 0 Å². The van der Waals surface area contributed by atoms with Gasteiger partial charge in [0.05, 0.1) is 11.1 Å². The summed E-state index contributed by atoms with van der Waals surface area (Å²) in [6.07, 6.45) is 5.23. The number of carbonyl (C=O) groups excluding carboxylic acids is 2. The summed E-state index contributed by atoms with van der Waals surface area (Å²) < 4.78 is 1.32. The van der Waals surface area contributed by atoms with E-state index in [0.29, 0.717) is 12.1 Å². The van der Waals surface area contributed by atoms with E-state index in [0.717, 1.165) is 42.4 Å². The van der Waals surface area contributed by atoms with Crippen LogP contribution in [0.5, 0.6) is 0 Å². The molecule has 2 amide bonds. The van der Waals surface area contributed by atoms with Gasteiger partial charge in [0.1, 0.15) is 6.54 Å². The van der Waals surface area contributed by atoms with E-state index < -0.39 is 0 Å². The molecule has 0 saturated carbocycles. The number of hydrogen-bond donors (Lipinski definition) is 0. The number of pyridine rings is 2. The van der Waals surface area contributed by atoms with Gasteiger partial charge < -0.3 is 14.4 Å². The van der Waals surface area contributed by atoms with Crippen LogP contribution in [-0.2, 0) is 17.9 Å². The number of benzene rings is 1. The van der Waals surface area contributed by atoms with Crippen molar-refractivity contribution in [1.29, 1.82) is 0 Å². The molecule has 1 fully saturated rings. The number of aromatic nitrogens is 2. The standard InChI is InChI=1S/C23H24N4O3/c1-25(14-17-6-8-20-18(13-17)5-4-10-24-20)23(30)19-7-9-21(28)27(15-19)16-22(29)26-11-2-3-12-26/h4-10,13,15H,2-3,11-12,14,16H2,1H3. The maximum atomic E-state index is 12.9. The van der Waals surface area contributed by atoms with Crippen LogP contribution in [0.1, 0.15) is 28.8 Å². The molecule has 154 valence electrons. The summed E-state index contributed by atoms with van der Waals surface area (Å²) in [5.41, 5.74) is 1.99. The average Bonchev–Trinajstić information content (AvgIpc) is 3.30. The number of amides is 2. The van der Waals surface area contributed by atoms with Gasteiger partial charge in [-0.05, 0) is 42.7 Å². The Hall–Kier alpha value is -3.48. The van der Waals surface area contributed by atoms with Crippen molar-refractivity contribution in [3.8, 4) is 0 Å². The molecule has 1 aliphatic heterocycles. The van der Waals surface area contributed by atoms with Crippen LogP contribution in [0.3, 0.4) is 0 Å². The molecule has 0 spiro atoms. The Morgan fingerprint density at radius 1 is 1.10 bits per heavy atom. The van der Waals surface area contributed by atoms with E-state index in [1.54, 1.807) is 23.0 Å². The second-order valence-corrected chi connectivity index (χ2v) is 7.66. The highest BCUT2D eigenvalue weighted by molar-refractivity contribution is 5.93. The maximum absolute atomic E-state index is 12.9. The highest BCUT2D eigenvalue weighted by Gasteiger charge is 2.19. The molecule has 1 aliphatic rings. The summed E-state index contributed by atoms with van der Waals surface area (Å²) in [5.74, 6) is -0.291. The third-order valence-corrected chi connectivity index (χ3v) is 5.43. The SMILES string of the molecule is CN(Cc1ccc2ncccc2c1)C(=O)c1ccc(=O)n(CC(=O)N2CCCC2)c1. The van der Waals surface area contributed by atoms with E-state index in [1.807, 2.05) is 30.3 Å². The van der Waals surface area contributed by atoms with Crippen molar-refractivity contribution < 1.29 is 9.59 Å². The molecule has 3 aromatic rings. The summed E-state index contributed by atoms with van der Waals surface area (Å²) in [7, 11) is 1.72. The molecule has 1 aromatic carbocycles. The van der Waals surface area contributed by atoms with Crippen molar-refractivity contribution >= 4 is 22.7 Å². The van der Waals surface area contributed by atoms with Crippen molar-refractivity contribution in [2.24, 2.45) is 0 Å². The number of likely N-dealkylation sites (tertiary alicyclic amines) is 1. The third-order valence-electron chi connectivity index (χ3n) is 5.43. The van der Waals surface area contributed by atoms with Gasteiger partial charge in [-0.2, -0.15) is 0 Å². The quantitative estimate of drug-likeness (QED) is 0.654. The molecule has 0 N–H and O–H groups in total. The summed E-state index contributed by atoms with van der Waals surface area (Å²) in [5, 5.41) is 1.02. The topological polar surface area (TPSA) is 75.5 Å². The second-order valence-electron chi connectivity index (χ2n) is 7.66. The molecule has 30 heavy (non-hydrogen) atoms. The maximum Gasteiger partial charge on any atom is 0.255 e. The Morgan fingerprint density at radius 3 is 2.70 bits per heavy atom. The van der Waals surface area contributed by atoms with Crippen LogP contribution in [0, 0.1) is 0 Å². The first-order chi connectivity index (χ1) is 14.5. The van der Waals surface area contributed by atoms with Gasteiger partial charge in [0.25, 0.3) is 11.5 Å². The molecule has 0 atom stereocenters. The minimum Gasteiger partial charge on any atom is -0.341 e. The molecule has 7 nitrogen and oxygen atoms in total. The minimum atomic E-state index is -0.288. The molecular weight excluding hydrogens is 380 g/mol. The zero-order valence-electron chi connectivity index (χ0n) is 17.0. The lowest BCUT2D eigenvalue weighted by atomic mass is 10.1. The minimum absolute atomic E-state index is 0.0403. The number of carbonyl (C=O) groups is 2. The third kappa shape index (κ3) is 4.25. The van der Waals surface area contributed by atoms with Gasteiger partial charge in [-0.3, -0.25) is 19.4 Å². The van der Waals surface area contributed by atoms with Crippen molar-refractivity contribution in [2.75, 3.05) is 20.1 Å². The van der Waals surface area contributed by atoms with E-state index in [4.69, 9.17) is 0 Å². The lowest BCUT2D eigenvalue weighted by Crippen LogP contribution is -2.35. The lowest BCUT2D eigenvalue weighted by Gasteiger charge is -2.19. The Labute approximate surface area is 174 Å². The fraction of sp³-hybridized carbons (Fsp3) is 0.304. The normalized spacial score (nSPS) is 13.6. The molecule has 0 radical (unpaired) electrons.